The summed E-state index contributed by atoms with van der Waals surface area (Å²) in [5, 5.41) is 3.48. The van der Waals surface area contributed by atoms with Crippen molar-refractivity contribution >= 4 is 0 Å². The minimum absolute atomic E-state index is 0.311. The molecule has 0 spiro atoms. The Kier molecular flexibility index (Phi) is 4.41. The van der Waals surface area contributed by atoms with Gasteiger partial charge in [0.2, 0.25) is 0 Å². The lowest BCUT2D eigenvalue weighted by Gasteiger charge is -2.43. The Hall–Kier alpha value is -0.860. The Labute approximate surface area is 111 Å². The number of nitrogens with zero attached hydrogens (tertiary/aromatic N) is 1. The third-order valence-corrected chi connectivity index (χ3v) is 3.99. The minimum atomic E-state index is 0.311. The van der Waals surface area contributed by atoms with Crippen molar-refractivity contribution in [2.45, 2.75) is 39.2 Å². The summed E-state index contributed by atoms with van der Waals surface area (Å²) in [6.07, 6.45) is 2.45. The summed E-state index contributed by atoms with van der Waals surface area (Å²) in [7, 11) is 0. The van der Waals surface area contributed by atoms with Crippen LogP contribution in [0.1, 0.15) is 31.4 Å². The quantitative estimate of drug-likeness (QED) is 0.878. The summed E-state index contributed by atoms with van der Waals surface area (Å²) in [5.74, 6) is 0. The van der Waals surface area contributed by atoms with Crippen LogP contribution in [0, 0.1) is 6.92 Å². The van der Waals surface area contributed by atoms with Crippen molar-refractivity contribution in [1.29, 1.82) is 0 Å². The Morgan fingerprint density at radius 1 is 1.22 bits per heavy atom. The SMILES string of the molecule is Cc1ccc(CCCN2CCNCC2(C)C)cc1. The van der Waals surface area contributed by atoms with Crippen LogP contribution in [0.15, 0.2) is 24.3 Å². The van der Waals surface area contributed by atoms with Crippen LogP contribution < -0.4 is 5.32 Å². The Bertz CT molecular complexity index is 367. The first-order valence-corrected chi connectivity index (χ1v) is 7.09. The van der Waals surface area contributed by atoms with Crippen LogP contribution in [-0.2, 0) is 6.42 Å². The van der Waals surface area contributed by atoms with Crippen LogP contribution in [0.25, 0.3) is 0 Å². The predicted molar refractivity (Wildman–Crippen MR) is 78.0 cm³/mol. The lowest BCUT2D eigenvalue weighted by molar-refractivity contribution is 0.0895. The molecule has 0 saturated carbocycles. The molecular formula is C16H26N2. The fourth-order valence-corrected chi connectivity index (χ4v) is 2.67. The van der Waals surface area contributed by atoms with Crippen molar-refractivity contribution in [3.05, 3.63) is 35.4 Å². The fourth-order valence-electron chi connectivity index (χ4n) is 2.67. The van der Waals surface area contributed by atoms with Crippen LogP contribution >= 0.6 is 0 Å². The van der Waals surface area contributed by atoms with E-state index in [0.29, 0.717) is 5.54 Å². The van der Waals surface area contributed by atoms with Crippen LogP contribution in [0.2, 0.25) is 0 Å². The number of piperazine rings is 1. The van der Waals surface area contributed by atoms with E-state index in [4.69, 9.17) is 0 Å². The van der Waals surface area contributed by atoms with Crippen LogP contribution in [0.5, 0.6) is 0 Å². The molecule has 1 aliphatic rings. The summed E-state index contributed by atoms with van der Waals surface area (Å²) < 4.78 is 0. The van der Waals surface area contributed by atoms with Crippen molar-refractivity contribution in [2.75, 3.05) is 26.2 Å². The molecule has 18 heavy (non-hydrogen) atoms. The van der Waals surface area contributed by atoms with Gasteiger partial charge in [-0.15, -0.1) is 0 Å². The summed E-state index contributed by atoms with van der Waals surface area (Å²) in [6, 6.07) is 8.95. The zero-order chi connectivity index (χ0) is 13.0. The van der Waals surface area contributed by atoms with E-state index < -0.39 is 0 Å². The second-order valence-electron chi connectivity index (χ2n) is 6.07. The molecule has 2 nitrogen and oxygen atoms in total. The molecule has 0 aromatic heterocycles. The predicted octanol–water partition coefficient (Wildman–Crippen LogP) is 2.61. The number of rotatable bonds is 4. The number of hydrogen-bond acceptors (Lipinski definition) is 2. The molecule has 100 valence electrons. The average molecular weight is 246 g/mol. The van der Waals surface area contributed by atoms with E-state index in [-0.39, 0.29) is 0 Å². The number of benzene rings is 1. The Morgan fingerprint density at radius 3 is 2.61 bits per heavy atom. The maximum Gasteiger partial charge on any atom is 0.0278 e. The molecule has 1 aromatic rings. The number of hydrogen-bond donors (Lipinski definition) is 1. The van der Waals surface area contributed by atoms with E-state index in [1.54, 1.807) is 0 Å². The van der Waals surface area contributed by atoms with E-state index in [1.165, 1.54) is 37.1 Å². The first kappa shape index (κ1) is 13.6. The highest BCUT2D eigenvalue weighted by atomic mass is 15.2. The molecule has 0 amide bonds. The number of nitrogens with one attached hydrogen (secondary N) is 1. The van der Waals surface area contributed by atoms with Crippen molar-refractivity contribution in [3.8, 4) is 0 Å². The van der Waals surface area contributed by atoms with Gasteiger partial charge < -0.3 is 5.32 Å². The second-order valence-corrected chi connectivity index (χ2v) is 6.07. The lowest BCUT2D eigenvalue weighted by atomic mass is 9.99. The maximum atomic E-state index is 3.48. The van der Waals surface area contributed by atoms with Gasteiger partial charge in [0.25, 0.3) is 0 Å². The smallest absolute Gasteiger partial charge is 0.0278 e. The van der Waals surface area contributed by atoms with Gasteiger partial charge in [-0.1, -0.05) is 29.8 Å². The molecule has 1 saturated heterocycles. The molecule has 2 heteroatoms. The molecule has 0 radical (unpaired) electrons. The van der Waals surface area contributed by atoms with E-state index in [1.807, 2.05) is 0 Å². The Morgan fingerprint density at radius 2 is 1.94 bits per heavy atom. The highest BCUT2D eigenvalue weighted by molar-refractivity contribution is 5.21. The largest absolute Gasteiger partial charge is 0.314 e. The third-order valence-electron chi connectivity index (χ3n) is 3.99. The van der Waals surface area contributed by atoms with Crippen LogP contribution in [-0.4, -0.2) is 36.6 Å². The zero-order valence-electron chi connectivity index (χ0n) is 12.0. The highest BCUT2D eigenvalue weighted by Gasteiger charge is 2.28. The molecule has 1 N–H and O–H groups in total. The maximum absolute atomic E-state index is 3.48. The first-order valence-electron chi connectivity index (χ1n) is 7.09. The van der Waals surface area contributed by atoms with Gasteiger partial charge in [0.1, 0.15) is 0 Å². The number of aryl methyl sites for hydroxylation is 2. The standard InChI is InChI=1S/C16H26N2/c1-14-6-8-15(9-7-14)5-4-11-18-12-10-17-13-16(18,2)3/h6-9,17H,4-5,10-13H2,1-3H3. The molecule has 1 aromatic carbocycles. The van der Waals surface area contributed by atoms with Crippen molar-refractivity contribution in [1.82, 2.24) is 10.2 Å². The van der Waals surface area contributed by atoms with Crippen molar-refractivity contribution < 1.29 is 0 Å². The van der Waals surface area contributed by atoms with Gasteiger partial charge in [-0.05, 0) is 45.7 Å². The van der Waals surface area contributed by atoms with Crippen LogP contribution in [0.4, 0.5) is 0 Å². The molecule has 1 aliphatic heterocycles. The van der Waals surface area contributed by atoms with Gasteiger partial charge >= 0.3 is 0 Å². The van der Waals surface area contributed by atoms with E-state index in [2.05, 4.69) is 55.3 Å². The molecule has 0 atom stereocenters. The summed E-state index contributed by atoms with van der Waals surface area (Å²) >= 11 is 0. The molecule has 0 unspecified atom stereocenters. The molecule has 0 aliphatic carbocycles. The molecular weight excluding hydrogens is 220 g/mol. The minimum Gasteiger partial charge on any atom is -0.314 e. The van der Waals surface area contributed by atoms with E-state index >= 15 is 0 Å². The van der Waals surface area contributed by atoms with E-state index in [9.17, 15) is 0 Å². The van der Waals surface area contributed by atoms with Gasteiger partial charge in [0, 0.05) is 25.2 Å². The van der Waals surface area contributed by atoms with Gasteiger partial charge in [0.15, 0.2) is 0 Å². The third kappa shape index (κ3) is 3.56. The fraction of sp³-hybridized carbons (Fsp3) is 0.625. The molecule has 1 fully saturated rings. The normalized spacial score (nSPS) is 19.9. The average Bonchev–Trinajstić information content (AvgIpc) is 2.33. The summed E-state index contributed by atoms with van der Waals surface area (Å²) in [4.78, 5) is 2.62. The van der Waals surface area contributed by atoms with Gasteiger partial charge in [-0.3, -0.25) is 4.90 Å². The topological polar surface area (TPSA) is 15.3 Å². The Balaban J connectivity index is 1.79. The van der Waals surface area contributed by atoms with Crippen molar-refractivity contribution in [2.24, 2.45) is 0 Å². The van der Waals surface area contributed by atoms with Gasteiger partial charge in [0.05, 0.1) is 0 Å². The van der Waals surface area contributed by atoms with E-state index in [0.717, 1.165) is 13.1 Å². The van der Waals surface area contributed by atoms with Crippen molar-refractivity contribution in [3.63, 3.8) is 0 Å². The monoisotopic (exact) mass is 246 g/mol. The van der Waals surface area contributed by atoms with Crippen LogP contribution in [0.3, 0.4) is 0 Å². The lowest BCUT2D eigenvalue weighted by Crippen LogP contribution is -2.58. The summed E-state index contributed by atoms with van der Waals surface area (Å²) in [5.41, 5.74) is 3.13. The zero-order valence-corrected chi connectivity index (χ0v) is 12.0. The molecule has 1 heterocycles. The first-order chi connectivity index (χ1) is 8.58. The summed E-state index contributed by atoms with van der Waals surface area (Å²) in [6.45, 7) is 11.5. The molecule has 0 bridgehead atoms. The second kappa shape index (κ2) is 5.85. The van der Waals surface area contributed by atoms with Gasteiger partial charge in [-0.25, -0.2) is 0 Å². The van der Waals surface area contributed by atoms with Gasteiger partial charge in [-0.2, -0.15) is 0 Å². The highest BCUT2D eigenvalue weighted by Crippen LogP contribution is 2.17. The molecule has 2 rings (SSSR count).